The van der Waals surface area contributed by atoms with E-state index in [2.05, 4.69) is 5.32 Å². The van der Waals surface area contributed by atoms with Crippen molar-refractivity contribution in [3.8, 4) is 6.07 Å². The predicted molar refractivity (Wildman–Crippen MR) is 67.6 cm³/mol. The van der Waals surface area contributed by atoms with Crippen molar-refractivity contribution in [2.24, 2.45) is 0 Å². The van der Waals surface area contributed by atoms with Crippen LogP contribution in [-0.4, -0.2) is 5.91 Å². The fourth-order valence-corrected chi connectivity index (χ4v) is 1.61. The van der Waals surface area contributed by atoms with Gasteiger partial charge in [-0.2, -0.15) is 5.26 Å². The molecular weight excluding hydrogens is 252 g/mol. The molecule has 0 bridgehead atoms. The van der Waals surface area contributed by atoms with E-state index in [0.717, 1.165) is 0 Å². The van der Waals surface area contributed by atoms with E-state index >= 15 is 0 Å². The molecule has 4 nitrogen and oxygen atoms in total. The molecule has 0 saturated carbocycles. The number of rotatable bonds is 2. The van der Waals surface area contributed by atoms with Gasteiger partial charge in [-0.05, 0) is 31.2 Å². The van der Waals surface area contributed by atoms with Gasteiger partial charge >= 0.3 is 0 Å². The maximum absolute atomic E-state index is 11.9. The van der Waals surface area contributed by atoms with Crippen molar-refractivity contribution in [3.63, 3.8) is 0 Å². The number of carbonyl (C=O) groups is 1. The number of nitrogens with zero attached hydrogens (tertiary/aromatic N) is 1. The fraction of sp³-hybridized carbons (Fsp3) is 0.0769. The molecule has 0 radical (unpaired) electrons. The van der Waals surface area contributed by atoms with Crippen LogP contribution in [0.5, 0.6) is 0 Å². The Hall–Kier alpha value is -2.25. The highest BCUT2D eigenvalue weighted by Gasteiger charge is 2.11. The normalized spacial score (nSPS) is 9.83. The average Bonchev–Trinajstić information content (AvgIpc) is 2.79. The third-order valence-electron chi connectivity index (χ3n) is 2.34. The highest BCUT2D eigenvalue weighted by atomic mass is 35.5. The Balaban J connectivity index is 2.24. The summed E-state index contributed by atoms with van der Waals surface area (Å²) < 4.78 is 5.05. The van der Waals surface area contributed by atoms with Crippen molar-refractivity contribution in [2.75, 3.05) is 5.32 Å². The summed E-state index contributed by atoms with van der Waals surface area (Å²) in [5, 5.41) is 11.8. The number of nitrogens with one attached hydrogen (secondary N) is 1. The number of anilines is 1. The molecule has 0 aliphatic rings. The van der Waals surface area contributed by atoms with Crippen LogP contribution in [0.4, 0.5) is 5.69 Å². The van der Waals surface area contributed by atoms with Crippen LogP contribution in [0, 0.1) is 18.3 Å². The van der Waals surface area contributed by atoms with Crippen molar-refractivity contribution in [3.05, 3.63) is 52.4 Å². The van der Waals surface area contributed by atoms with Crippen molar-refractivity contribution in [2.45, 2.75) is 6.92 Å². The third-order valence-corrected chi connectivity index (χ3v) is 2.67. The van der Waals surface area contributed by atoms with E-state index in [9.17, 15) is 4.79 Å². The minimum Gasteiger partial charge on any atom is -0.469 e. The minimum absolute atomic E-state index is 0.330. The van der Waals surface area contributed by atoms with Gasteiger partial charge in [0.2, 0.25) is 0 Å². The lowest BCUT2D eigenvalue weighted by atomic mass is 10.2. The molecule has 1 heterocycles. The van der Waals surface area contributed by atoms with Crippen molar-refractivity contribution in [1.29, 1.82) is 5.26 Å². The third kappa shape index (κ3) is 2.53. The Bertz CT molecular complexity index is 641. The molecular formula is C13H9ClN2O2. The predicted octanol–water partition coefficient (Wildman–Crippen LogP) is 3.37. The molecule has 18 heavy (non-hydrogen) atoms. The molecule has 0 unspecified atom stereocenters. The van der Waals surface area contributed by atoms with Crippen LogP contribution in [0.1, 0.15) is 21.7 Å². The molecule has 0 aliphatic heterocycles. The van der Waals surface area contributed by atoms with Crippen molar-refractivity contribution < 1.29 is 9.21 Å². The van der Waals surface area contributed by atoms with Crippen LogP contribution in [0.25, 0.3) is 0 Å². The number of benzene rings is 1. The number of nitriles is 1. The molecule has 0 saturated heterocycles. The number of aryl methyl sites for hydroxylation is 1. The maximum Gasteiger partial charge on any atom is 0.258 e. The van der Waals surface area contributed by atoms with Crippen LogP contribution in [0.2, 0.25) is 5.02 Å². The summed E-state index contributed by atoms with van der Waals surface area (Å²) in [7, 11) is 0. The topological polar surface area (TPSA) is 66.0 Å². The second-order valence-electron chi connectivity index (χ2n) is 3.71. The highest BCUT2D eigenvalue weighted by molar-refractivity contribution is 6.34. The molecule has 2 aromatic rings. The van der Waals surface area contributed by atoms with E-state index in [4.69, 9.17) is 21.3 Å². The molecule has 0 fully saturated rings. The molecule has 0 spiro atoms. The smallest absolute Gasteiger partial charge is 0.258 e. The van der Waals surface area contributed by atoms with Crippen molar-refractivity contribution >= 4 is 23.2 Å². The van der Waals surface area contributed by atoms with Gasteiger partial charge in [0.15, 0.2) is 0 Å². The molecule has 1 amide bonds. The summed E-state index contributed by atoms with van der Waals surface area (Å²) in [6.07, 6.45) is 1.37. The largest absolute Gasteiger partial charge is 0.469 e. The van der Waals surface area contributed by atoms with Crippen LogP contribution in [-0.2, 0) is 0 Å². The number of hydrogen-bond acceptors (Lipinski definition) is 3. The molecule has 5 heteroatoms. The van der Waals surface area contributed by atoms with Gasteiger partial charge < -0.3 is 9.73 Å². The quantitative estimate of drug-likeness (QED) is 0.900. The maximum atomic E-state index is 11.9. The summed E-state index contributed by atoms with van der Waals surface area (Å²) in [5.41, 5.74) is 1.24. The Morgan fingerprint density at radius 2 is 2.22 bits per heavy atom. The number of amides is 1. The summed E-state index contributed by atoms with van der Waals surface area (Å²) in [6, 6.07) is 8.28. The molecule has 1 N–H and O–H groups in total. The summed E-state index contributed by atoms with van der Waals surface area (Å²) in [5.74, 6) is 0.320. The first-order chi connectivity index (χ1) is 8.60. The average molecular weight is 261 g/mol. The molecule has 2 rings (SSSR count). The molecule has 0 atom stereocenters. The van der Waals surface area contributed by atoms with Gasteiger partial charge in [0.25, 0.3) is 5.91 Å². The molecule has 1 aromatic heterocycles. The monoisotopic (exact) mass is 260 g/mol. The summed E-state index contributed by atoms with van der Waals surface area (Å²) in [4.78, 5) is 11.9. The minimum atomic E-state index is -0.330. The van der Waals surface area contributed by atoms with Gasteiger partial charge in [-0.3, -0.25) is 4.79 Å². The summed E-state index contributed by atoms with van der Waals surface area (Å²) in [6.45, 7) is 1.75. The van der Waals surface area contributed by atoms with E-state index in [-0.39, 0.29) is 5.91 Å². The van der Waals surface area contributed by atoms with Gasteiger partial charge in [-0.25, -0.2) is 0 Å². The van der Waals surface area contributed by atoms with E-state index in [1.165, 1.54) is 12.3 Å². The molecule has 90 valence electrons. The zero-order valence-corrected chi connectivity index (χ0v) is 10.3. The number of halogens is 1. The van der Waals surface area contributed by atoms with E-state index in [1.807, 2.05) is 6.07 Å². The van der Waals surface area contributed by atoms with Gasteiger partial charge in [0.1, 0.15) is 12.0 Å². The van der Waals surface area contributed by atoms with Crippen LogP contribution >= 0.6 is 11.6 Å². The van der Waals surface area contributed by atoms with Crippen molar-refractivity contribution in [1.82, 2.24) is 0 Å². The van der Waals surface area contributed by atoms with E-state index in [1.54, 1.807) is 25.1 Å². The lowest BCUT2D eigenvalue weighted by Gasteiger charge is -2.05. The molecule has 1 aromatic carbocycles. The number of hydrogen-bond donors (Lipinski definition) is 1. The van der Waals surface area contributed by atoms with E-state index in [0.29, 0.717) is 27.6 Å². The summed E-state index contributed by atoms with van der Waals surface area (Å²) >= 11 is 5.94. The second-order valence-corrected chi connectivity index (χ2v) is 4.11. The van der Waals surface area contributed by atoms with E-state index < -0.39 is 0 Å². The Kier molecular flexibility index (Phi) is 3.35. The van der Waals surface area contributed by atoms with Gasteiger partial charge in [0.05, 0.1) is 27.9 Å². The van der Waals surface area contributed by atoms with Crippen LogP contribution in [0.3, 0.4) is 0 Å². The lowest BCUT2D eigenvalue weighted by Crippen LogP contribution is -2.11. The fourth-order valence-electron chi connectivity index (χ4n) is 1.45. The Morgan fingerprint density at radius 3 is 2.83 bits per heavy atom. The SMILES string of the molecule is Cc1cc(C(=O)Nc2cc(C#N)ccc2Cl)co1. The van der Waals surface area contributed by atoms with Crippen LogP contribution in [0.15, 0.2) is 34.9 Å². The number of carbonyl (C=O) groups excluding carboxylic acids is 1. The first-order valence-electron chi connectivity index (χ1n) is 5.16. The first-order valence-corrected chi connectivity index (χ1v) is 5.54. The number of furan rings is 1. The van der Waals surface area contributed by atoms with Gasteiger partial charge in [0, 0.05) is 0 Å². The Morgan fingerprint density at radius 1 is 1.44 bits per heavy atom. The first kappa shape index (κ1) is 12.2. The lowest BCUT2D eigenvalue weighted by molar-refractivity contribution is 0.102. The van der Waals surface area contributed by atoms with Crippen LogP contribution < -0.4 is 5.32 Å². The zero-order chi connectivity index (χ0) is 13.1. The molecule has 0 aliphatic carbocycles. The Labute approximate surface area is 109 Å². The standard InChI is InChI=1S/C13H9ClN2O2/c1-8-4-10(7-18-8)13(17)16-12-5-9(6-15)2-3-11(12)14/h2-5,7H,1H3,(H,16,17). The highest BCUT2D eigenvalue weighted by Crippen LogP contribution is 2.23. The zero-order valence-electron chi connectivity index (χ0n) is 9.53. The van der Waals surface area contributed by atoms with Gasteiger partial charge in [-0.15, -0.1) is 0 Å². The van der Waals surface area contributed by atoms with Gasteiger partial charge in [-0.1, -0.05) is 11.6 Å². The second kappa shape index (κ2) is 4.94.